The predicted molar refractivity (Wildman–Crippen MR) is 129 cm³/mol. The molecule has 180 valence electrons. The lowest BCUT2D eigenvalue weighted by Crippen LogP contribution is -2.37. The topological polar surface area (TPSA) is 52.6 Å². The molecule has 5 heteroatoms. The second-order valence-electron chi connectivity index (χ2n) is 11.1. The lowest BCUT2D eigenvalue weighted by Gasteiger charge is -2.38. The van der Waals surface area contributed by atoms with Crippen molar-refractivity contribution in [2.75, 3.05) is 11.5 Å². The lowest BCUT2D eigenvalue weighted by atomic mass is 9.75. The van der Waals surface area contributed by atoms with Crippen LogP contribution in [0.4, 0.5) is 0 Å². The summed E-state index contributed by atoms with van der Waals surface area (Å²) in [6.07, 6.45) is 9.30. The first kappa shape index (κ1) is 26.5. The van der Waals surface area contributed by atoms with E-state index in [1.165, 1.54) is 0 Å². The van der Waals surface area contributed by atoms with E-state index in [0.717, 1.165) is 63.2 Å². The molecule has 2 aliphatic rings. The summed E-state index contributed by atoms with van der Waals surface area (Å²) in [4.78, 5) is 24.6. The Bertz CT molecular complexity index is 520. The van der Waals surface area contributed by atoms with Crippen LogP contribution in [0.5, 0.6) is 0 Å². The van der Waals surface area contributed by atoms with Gasteiger partial charge in [0, 0.05) is 11.5 Å². The van der Waals surface area contributed by atoms with Crippen LogP contribution >= 0.6 is 11.8 Å². The minimum atomic E-state index is -0.291. The molecule has 2 rings (SSSR count). The average Bonchev–Trinajstić information content (AvgIpc) is 2.67. The van der Waals surface area contributed by atoms with Gasteiger partial charge in [-0.25, -0.2) is 0 Å². The quantitative estimate of drug-likeness (QED) is 0.268. The van der Waals surface area contributed by atoms with Crippen LogP contribution in [0, 0.1) is 23.7 Å². The third-order valence-corrected chi connectivity index (χ3v) is 8.67. The first-order chi connectivity index (χ1) is 14.5. The van der Waals surface area contributed by atoms with Gasteiger partial charge in [0.05, 0.1) is 12.8 Å². The molecule has 4 nitrogen and oxygen atoms in total. The third-order valence-electron chi connectivity index (χ3n) is 7.68. The van der Waals surface area contributed by atoms with Gasteiger partial charge in [-0.2, -0.15) is 11.8 Å². The number of hydrogen-bond acceptors (Lipinski definition) is 5. The van der Waals surface area contributed by atoms with E-state index in [1.807, 2.05) is 0 Å². The molecule has 0 heterocycles. The Labute approximate surface area is 195 Å². The molecule has 0 bridgehead atoms. The van der Waals surface area contributed by atoms with E-state index >= 15 is 0 Å². The van der Waals surface area contributed by atoms with Crippen LogP contribution in [-0.2, 0) is 19.1 Å². The third kappa shape index (κ3) is 8.98. The Morgan fingerprint density at radius 1 is 0.742 bits per heavy atom. The molecule has 2 fully saturated rings. The standard InChI is InChI=1S/C26H46O4S/c1-19(2)21-7-13-25(5,14-8-21)29-23(27)11-17-31-18-12-24(28)30-26(6)15-9-22(10-16-26)20(3)4/h19-22H,7-18H2,1-6H3. The number of carbonyl (C=O) groups excluding carboxylic acids is 2. The second kappa shape index (κ2) is 12.0. The number of ether oxygens (including phenoxy) is 2. The Morgan fingerprint density at radius 2 is 1.06 bits per heavy atom. The molecule has 0 aromatic heterocycles. The van der Waals surface area contributed by atoms with Crippen molar-refractivity contribution in [3.8, 4) is 0 Å². The zero-order valence-corrected chi connectivity index (χ0v) is 21.7. The van der Waals surface area contributed by atoms with Crippen molar-refractivity contribution in [2.24, 2.45) is 23.7 Å². The van der Waals surface area contributed by atoms with Gasteiger partial charge in [-0.1, -0.05) is 27.7 Å². The normalized spacial score (nSPS) is 31.6. The van der Waals surface area contributed by atoms with E-state index in [4.69, 9.17) is 9.47 Å². The molecule has 0 unspecified atom stereocenters. The van der Waals surface area contributed by atoms with Crippen LogP contribution in [0.15, 0.2) is 0 Å². The largest absolute Gasteiger partial charge is 0.459 e. The molecular weight excluding hydrogens is 408 g/mol. The van der Waals surface area contributed by atoms with Gasteiger partial charge in [0.2, 0.25) is 0 Å². The summed E-state index contributed by atoms with van der Waals surface area (Å²) >= 11 is 1.64. The maximum absolute atomic E-state index is 12.3. The molecule has 0 aliphatic heterocycles. The van der Waals surface area contributed by atoms with E-state index in [0.29, 0.717) is 36.2 Å². The van der Waals surface area contributed by atoms with Crippen LogP contribution in [0.25, 0.3) is 0 Å². The molecular formula is C26H46O4S. The summed E-state index contributed by atoms with van der Waals surface area (Å²) in [6, 6.07) is 0. The van der Waals surface area contributed by atoms with Crippen molar-refractivity contribution in [3.63, 3.8) is 0 Å². The zero-order valence-electron chi connectivity index (χ0n) is 20.8. The van der Waals surface area contributed by atoms with Crippen molar-refractivity contribution < 1.29 is 19.1 Å². The van der Waals surface area contributed by atoms with Crippen molar-refractivity contribution in [1.29, 1.82) is 0 Å². The molecule has 2 aliphatic carbocycles. The van der Waals surface area contributed by atoms with Gasteiger partial charge in [-0.3, -0.25) is 9.59 Å². The van der Waals surface area contributed by atoms with E-state index < -0.39 is 0 Å². The van der Waals surface area contributed by atoms with Crippen molar-refractivity contribution in [2.45, 2.75) is 117 Å². The predicted octanol–water partition coefficient (Wildman–Crippen LogP) is 6.80. The fourth-order valence-corrected chi connectivity index (χ4v) is 5.93. The van der Waals surface area contributed by atoms with Gasteiger partial charge >= 0.3 is 11.9 Å². The summed E-state index contributed by atoms with van der Waals surface area (Å²) < 4.78 is 11.7. The highest BCUT2D eigenvalue weighted by atomic mass is 32.2. The summed E-state index contributed by atoms with van der Waals surface area (Å²) in [7, 11) is 0. The summed E-state index contributed by atoms with van der Waals surface area (Å²) in [5, 5.41) is 0. The summed E-state index contributed by atoms with van der Waals surface area (Å²) in [6.45, 7) is 13.3. The number of carbonyl (C=O) groups is 2. The lowest BCUT2D eigenvalue weighted by molar-refractivity contribution is -0.162. The highest BCUT2D eigenvalue weighted by Crippen LogP contribution is 2.39. The molecule has 0 radical (unpaired) electrons. The number of thioether (sulfide) groups is 1. The monoisotopic (exact) mass is 454 g/mol. The molecule has 0 aromatic rings. The van der Waals surface area contributed by atoms with E-state index in [1.54, 1.807) is 11.8 Å². The van der Waals surface area contributed by atoms with Crippen LogP contribution < -0.4 is 0 Å². The number of hydrogen-bond donors (Lipinski definition) is 0. The molecule has 0 saturated heterocycles. The smallest absolute Gasteiger partial charge is 0.307 e. The minimum Gasteiger partial charge on any atom is -0.459 e. The summed E-state index contributed by atoms with van der Waals surface area (Å²) in [5.41, 5.74) is -0.581. The SMILES string of the molecule is CC(C)C1CCC(C)(OC(=O)CCSCCC(=O)OC2(C)CCC(C(C)C)CC2)CC1. The van der Waals surface area contributed by atoms with Gasteiger partial charge < -0.3 is 9.47 Å². The highest BCUT2D eigenvalue weighted by molar-refractivity contribution is 7.99. The molecule has 2 saturated carbocycles. The minimum absolute atomic E-state index is 0.102. The Kier molecular flexibility index (Phi) is 10.2. The molecule has 0 atom stereocenters. The Hall–Kier alpha value is -0.710. The van der Waals surface area contributed by atoms with Crippen LogP contribution in [0.3, 0.4) is 0 Å². The Morgan fingerprint density at radius 3 is 1.35 bits per heavy atom. The fraction of sp³-hybridized carbons (Fsp3) is 0.923. The first-order valence-electron chi connectivity index (χ1n) is 12.5. The van der Waals surface area contributed by atoms with Gasteiger partial charge in [0.1, 0.15) is 11.2 Å². The zero-order chi connectivity index (χ0) is 23.1. The Balaban J connectivity index is 1.56. The summed E-state index contributed by atoms with van der Waals surface area (Å²) in [5.74, 6) is 4.13. The highest BCUT2D eigenvalue weighted by Gasteiger charge is 2.36. The van der Waals surface area contributed by atoms with Gasteiger partial charge in [0.25, 0.3) is 0 Å². The molecule has 0 amide bonds. The second-order valence-corrected chi connectivity index (χ2v) is 12.3. The maximum Gasteiger partial charge on any atom is 0.307 e. The molecule has 0 N–H and O–H groups in total. The number of esters is 2. The van der Waals surface area contributed by atoms with Gasteiger partial charge in [0.15, 0.2) is 0 Å². The van der Waals surface area contributed by atoms with E-state index in [-0.39, 0.29) is 23.1 Å². The van der Waals surface area contributed by atoms with Crippen molar-refractivity contribution in [1.82, 2.24) is 0 Å². The molecule has 31 heavy (non-hydrogen) atoms. The maximum atomic E-state index is 12.3. The van der Waals surface area contributed by atoms with Gasteiger partial charge in [-0.15, -0.1) is 0 Å². The molecule has 0 aromatic carbocycles. The van der Waals surface area contributed by atoms with Gasteiger partial charge in [-0.05, 0) is 88.9 Å². The van der Waals surface area contributed by atoms with Crippen molar-refractivity contribution >= 4 is 23.7 Å². The van der Waals surface area contributed by atoms with Crippen molar-refractivity contribution in [3.05, 3.63) is 0 Å². The van der Waals surface area contributed by atoms with Crippen LogP contribution in [0.1, 0.15) is 106 Å². The molecule has 0 spiro atoms. The van der Waals surface area contributed by atoms with E-state index in [2.05, 4.69) is 41.5 Å². The first-order valence-corrected chi connectivity index (χ1v) is 13.7. The average molecular weight is 455 g/mol. The fourth-order valence-electron chi connectivity index (χ4n) is 5.10. The van der Waals surface area contributed by atoms with Crippen LogP contribution in [0.2, 0.25) is 0 Å². The van der Waals surface area contributed by atoms with E-state index in [9.17, 15) is 9.59 Å². The number of rotatable bonds is 10. The van der Waals surface area contributed by atoms with Crippen LogP contribution in [-0.4, -0.2) is 34.6 Å².